The monoisotopic (exact) mass is 1390 g/mol. The lowest BCUT2D eigenvalue weighted by molar-refractivity contribution is 0.629. The van der Waals surface area contributed by atoms with Crippen LogP contribution in [0, 0.1) is 5.82 Å². The van der Waals surface area contributed by atoms with Gasteiger partial charge in [0.2, 0.25) is 11.9 Å². The average molecular weight is 1390 g/mol. The molecule has 0 amide bonds. The van der Waals surface area contributed by atoms with Gasteiger partial charge in [-0.25, -0.2) is 24.3 Å². The molecule has 0 aliphatic heterocycles. The zero-order chi connectivity index (χ0) is 71.9. The smallest absolute Gasteiger partial charge is 0.238 e. The van der Waals surface area contributed by atoms with Gasteiger partial charge in [-0.3, -0.25) is 9.13 Å². The van der Waals surface area contributed by atoms with Gasteiger partial charge in [0, 0.05) is 76.9 Å². The second-order valence-electron chi connectivity index (χ2n) is 26.4. The Morgan fingerprint density at radius 3 is 0.917 bits per heavy atom. The van der Waals surface area contributed by atoms with Crippen molar-refractivity contribution >= 4 is 87.0 Å². The van der Waals surface area contributed by atoms with Crippen molar-refractivity contribution in [1.29, 1.82) is 0 Å². The van der Waals surface area contributed by atoms with Gasteiger partial charge in [-0.05, 0) is 100 Å². The fourth-order valence-electron chi connectivity index (χ4n) is 14.8. The number of nitrogens with zero attached hydrogens (tertiary/aromatic N) is 11. The molecule has 0 N–H and O–H groups in total. The molecule has 0 saturated heterocycles. The fourth-order valence-corrected chi connectivity index (χ4v) is 14.8. The third kappa shape index (κ3) is 12.0. The molecule has 108 heavy (non-hydrogen) atoms. The Bertz CT molecular complexity index is 6690. The molecule has 508 valence electrons. The Morgan fingerprint density at radius 2 is 0.500 bits per heavy atom. The highest BCUT2D eigenvalue weighted by Gasteiger charge is 2.23. The summed E-state index contributed by atoms with van der Waals surface area (Å²) in [5.74, 6) is 4.01. The van der Waals surface area contributed by atoms with E-state index in [9.17, 15) is 4.39 Å². The molecule has 15 aromatic carbocycles. The average Bonchev–Trinajstić information content (AvgIpc) is 1.58. The number of rotatable bonds is 10. The molecule has 0 saturated carbocycles. The maximum Gasteiger partial charge on any atom is 0.238 e. The molecule has 0 atom stereocenters. The molecule has 21 aromatic rings. The molecule has 12 heteroatoms. The van der Waals surface area contributed by atoms with E-state index < -0.39 is 0 Å². The largest absolute Gasteiger partial charge is 0.309 e. The maximum absolute atomic E-state index is 14.5. The zero-order valence-corrected chi connectivity index (χ0v) is 58.1. The highest BCUT2D eigenvalue weighted by Crippen LogP contribution is 2.41. The minimum absolute atomic E-state index is 0.278. The first-order chi connectivity index (χ1) is 53.5. The van der Waals surface area contributed by atoms with Gasteiger partial charge in [0.05, 0.1) is 44.5 Å². The van der Waals surface area contributed by atoms with E-state index in [0.29, 0.717) is 41.0 Å². The summed E-state index contributed by atoms with van der Waals surface area (Å²) < 4.78 is 21.0. The van der Waals surface area contributed by atoms with Crippen LogP contribution in [0.2, 0.25) is 0 Å². The second-order valence-corrected chi connectivity index (χ2v) is 26.4. The lowest BCUT2D eigenvalue weighted by Crippen LogP contribution is -2.06. The minimum atomic E-state index is -0.278. The molecular weight excluding hydrogens is 1330 g/mol. The van der Waals surface area contributed by atoms with Crippen molar-refractivity contribution in [2.75, 3.05) is 0 Å². The number of hydrogen-bond donors (Lipinski definition) is 0. The predicted octanol–water partition coefficient (Wildman–Crippen LogP) is 23.6. The predicted molar refractivity (Wildman–Crippen MR) is 438 cm³/mol. The van der Waals surface area contributed by atoms with Crippen molar-refractivity contribution < 1.29 is 4.39 Å². The molecule has 6 aromatic heterocycles. The molecule has 21 rings (SSSR count). The quantitative estimate of drug-likeness (QED) is 0.133. The molecule has 0 radical (unpaired) electrons. The maximum atomic E-state index is 14.5. The van der Waals surface area contributed by atoms with Gasteiger partial charge in [-0.1, -0.05) is 297 Å². The molecule has 0 aliphatic carbocycles. The normalized spacial score (nSPS) is 11.4. The molecule has 0 bridgehead atoms. The topological polar surface area (TPSA) is 118 Å². The summed E-state index contributed by atoms with van der Waals surface area (Å²) in [4.78, 5) is 39.4. The summed E-state index contributed by atoms with van der Waals surface area (Å²) in [6.07, 6.45) is 0. The summed E-state index contributed by atoms with van der Waals surface area (Å²) in [7, 11) is 0. The van der Waals surface area contributed by atoms with E-state index in [2.05, 4.69) is 197 Å². The Hall–Kier alpha value is -14.8. The van der Waals surface area contributed by atoms with Crippen molar-refractivity contribution in [1.82, 2.24) is 53.6 Å². The summed E-state index contributed by atoms with van der Waals surface area (Å²) in [5.41, 5.74) is 16.1. The van der Waals surface area contributed by atoms with Crippen LogP contribution in [0.25, 0.3) is 184 Å². The summed E-state index contributed by atoms with van der Waals surface area (Å²) in [6.45, 7) is 0. The van der Waals surface area contributed by atoms with Gasteiger partial charge in [0.1, 0.15) is 5.82 Å². The molecular formula is C96H62FN11. The van der Waals surface area contributed by atoms with E-state index in [0.717, 1.165) is 99.6 Å². The van der Waals surface area contributed by atoms with Gasteiger partial charge < -0.3 is 4.57 Å². The molecule has 0 fully saturated rings. The lowest BCUT2D eigenvalue weighted by Gasteiger charge is -2.11. The van der Waals surface area contributed by atoms with Crippen LogP contribution in [-0.4, -0.2) is 53.6 Å². The number of hydrogen-bond acceptors (Lipinski definition) is 8. The SMILES string of the molecule is Fc1ccc2c(c1)c1c3ccccc3ccc1n2-c1nc(-c2ccccc2)nc(-c2ccccc2)n1.c1ccc(-c2cc(-c3ccccc3)nc(-c3ccc(-n4c5ccccc5c5ccccc54)cc3)n2)cc1.c1ccc(-c2nc(-c3ccccc3)nc(-n3c4ccccc4c4c5ccccc5ccc43)n2)cc1. The number of fused-ring (bicyclic) bond motifs is 13. The van der Waals surface area contributed by atoms with Gasteiger partial charge in [-0.15, -0.1) is 0 Å². The summed E-state index contributed by atoms with van der Waals surface area (Å²) in [6, 6.07) is 127. The fraction of sp³-hybridized carbons (Fsp3) is 0. The Labute approximate surface area is 620 Å². The van der Waals surface area contributed by atoms with E-state index >= 15 is 0 Å². The highest BCUT2D eigenvalue weighted by molar-refractivity contribution is 6.22. The van der Waals surface area contributed by atoms with E-state index in [1.807, 2.05) is 174 Å². The van der Waals surface area contributed by atoms with E-state index in [1.54, 1.807) is 12.1 Å². The van der Waals surface area contributed by atoms with Gasteiger partial charge in [0.15, 0.2) is 29.1 Å². The molecule has 0 spiro atoms. The van der Waals surface area contributed by atoms with E-state index in [-0.39, 0.29) is 5.82 Å². The third-order valence-corrected chi connectivity index (χ3v) is 19.8. The van der Waals surface area contributed by atoms with Crippen molar-refractivity contribution in [2.45, 2.75) is 0 Å². The van der Waals surface area contributed by atoms with Crippen LogP contribution in [0.4, 0.5) is 4.39 Å². The standard InChI is InChI=1S/C34H23N3.C31H19FN4.C31H20N4/c1-3-11-24(12-4-1)30-23-31(25-13-5-2-6-14-25)36-34(35-30)26-19-21-27(22-20-26)37-32-17-9-7-15-28(32)29-16-8-10-18-33(29)37;32-23-16-18-26-25(19-23)28-24-14-8-7-9-20(24)15-17-27(28)36(26)31-34-29(21-10-3-1-4-11-21)33-30(35-31)22-12-5-2-6-13-22;1-3-12-22(13-4-1)29-32-30(23-14-5-2-6-15-23)34-31(33-29)35-26-18-10-9-17-25(26)28-24-16-8-7-11-21(24)19-20-27(28)35/h1-23H;1-19H;1-20H. The first-order valence-electron chi connectivity index (χ1n) is 35.8. The van der Waals surface area contributed by atoms with Crippen LogP contribution in [0.1, 0.15) is 0 Å². The van der Waals surface area contributed by atoms with Crippen LogP contribution < -0.4 is 0 Å². The van der Waals surface area contributed by atoms with Gasteiger partial charge >= 0.3 is 0 Å². The van der Waals surface area contributed by atoms with Crippen LogP contribution >= 0.6 is 0 Å². The molecule has 0 unspecified atom stereocenters. The Kier molecular flexibility index (Phi) is 16.5. The van der Waals surface area contributed by atoms with Crippen LogP contribution in [0.3, 0.4) is 0 Å². The molecule has 6 heterocycles. The van der Waals surface area contributed by atoms with Gasteiger partial charge in [0.25, 0.3) is 0 Å². The number of para-hydroxylation sites is 3. The van der Waals surface area contributed by atoms with Crippen LogP contribution in [-0.2, 0) is 0 Å². The van der Waals surface area contributed by atoms with Crippen molar-refractivity contribution in [3.05, 3.63) is 382 Å². The minimum Gasteiger partial charge on any atom is -0.309 e. The first-order valence-corrected chi connectivity index (χ1v) is 35.8. The molecule has 11 nitrogen and oxygen atoms in total. The summed E-state index contributed by atoms with van der Waals surface area (Å²) >= 11 is 0. The third-order valence-electron chi connectivity index (χ3n) is 19.8. The van der Waals surface area contributed by atoms with E-state index in [1.165, 1.54) is 49.4 Å². The number of halogens is 1. The van der Waals surface area contributed by atoms with Crippen LogP contribution in [0.5, 0.6) is 0 Å². The van der Waals surface area contributed by atoms with Crippen molar-refractivity contribution in [3.63, 3.8) is 0 Å². The Balaban J connectivity index is 0.000000110. The lowest BCUT2D eigenvalue weighted by atomic mass is 10.0. The van der Waals surface area contributed by atoms with Crippen molar-refractivity contribution in [2.24, 2.45) is 0 Å². The molecule has 0 aliphatic rings. The van der Waals surface area contributed by atoms with Crippen LogP contribution in [0.15, 0.2) is 376 Å². The van der Waals surface area contributed by atoms with Gasteiger partial charge in [-0.2, -0.15) is 19.9 Å². The zero-order valence-electron chi connectivity index (χ0n) is 58.1. The first kappa shape index (κ1) is 64.1. The highest BCUT2D eigenvalue weighted by atomic mass is 19.1. The summed E-state index contributed by atoms with van der Waals surface area (Å²) in [5, 5.41) is 11.3. The second kappa shape index (κ2) is 27.8. The number of benzene rings is 15. The van der Waals surface area contributed by atoms with E-state index in [4.69, 9.17) is 39.9 Å². The van der Waals surface area contributed by atoms with Crippen molar-refractivity contribution in [3.8, 4) is 97.0 Å². The number of aromatic nitrogens is 11. The Morgan fingerprint density at radius 1 is 0.194 bits per heavy atom.